The fourth-order valence-electron chi connectivity index (χ4n) is 3.15. The summed E-state index contributed by atoms with van der Waals surface area (Å²) in [4.78, 5) is 21.6. The van der Waals surface area contributed by atoms with Gasteiger partial charge in [0.15, 0.2) is 5.06 Å². The number of carboxylic acid groups (broad SMARTS) is 2. The van der Waals surface area contributed by atoms with Crippen LogP contribution in [-0.4, -0.2) is 52.3 Å². The van der Waals surface area contributed by atoms with Crippen molar-refractivity contribution in [3.8, 4) is 5.06 Å². The van der Waals surface area contributed by atoms with Crippen LogP contribution in [0.25, 0.3) is 0 Å². The second-order valence-electron chi connectivity index (χ2n) is 5.96. The Morgan fingerprint density at radius 2 is 1.80 bits per heavy atom. The Morgan fingerprint density at radius 3 is 2.20 bits per heavy atom. The molecular weight excluding hydrogens is 434 g/mol. The molecule has 1 aromatic heterocycles. The van der Waals surface area contributed by atoms with E-state index < -0.39 is 11.9 Å². The summed E-state index contributed by atoms with van der Waals surface area (Å²) >= 11 is 11.0. The number of thiophene rings is 1. The molecule has 2 unspecified atom stereocenters. The van der Waals surface area contributed by atoms with Gasteiger partial charge in [-0.3, -0.25) is 0 Å². The van der Waals surface area contributed by atoms with Crippen molar-refractivity contribution >= 4 is 50.8 Å². The van der Waals surface area contributed by atoms with Gasteiger partial charge in [0, 0.05) is 30.3 Å². The van der Waals surface area contributed by atoms with Crippen LogP contribution in [0.15, 0.2) is 22.7 Å². The van der Waals surface area contributed by atoms with Gasteiger partial charge < -0.3 is 19.8 Å². The Kier molecular flexibility index (Phi) is 7.30. The third-order valence-corrected chi connectivity index (χ3v) is 6.69. The second kappa shape index (κ2) is 9.02. The van der Waals surface area contributed by atoms with Crippen molar-refractivity contribution in [3.05, 3.63) is 27.0 Å². The molecule has 2 saturated heterocycles. The first-order chi connectivity index (χ1) is 11.8. The average Bonchev–Trinajstić information content (AvgIpc) is 2.93. The number of ether oxygens (including phenoxy) is 1. The molecule has 2 bridgehead atoms. The van der Waals surface area contributed by atoms with E-state index in [2.05, 4.69) is 27.9 Å². The number of carboxylic acids is 2. The monoisotopic (exact) mass is 451 g/mol. The summed E-state index contributed by atoms with van der Waals surface area (Å²) in [7, 11) is 2.25. The highest BCUT2D eigenvalue weighted by Crippen LogP contribution is 2.40. The normalized spacial score (nSPS) is 25.5. The lowest BCUT2D eigenvalue weighted by Gasteiger charge is -2.35. The van der Waals surface area contributed by atoms with Crippen LogP contribution in [0.3, 0.4) is 0 Å². The summed E-state index contributed by atoms with van der Waals surface area (Å²) in [6.07, 6.45) is 6.45. The average molecular weight is 453 g/mol. The first kappa shape index (κ1) is 20.2. The number of aliphatic carboxylic acids is 2. The molecule has 1 aromatic rings. The number of nitrogens with zero attached hydrogens (tertiary/aromatic N) is 1. The highest BCUT2D eigenvalue weighted by atomic mass is 79.9. The van der Waals surface area contributed by atoms with Gasteiger partial charge in [0.1, 0.15) is 10.4 Å². The Morgan fingerprint density at radius 1 is 1.28 bits per heavy atom. The third-order valence-electron chi connectivity index (χ3n) is 4.33. The standard InChI is InChI=1S/C12H15BrClNOS.C4H4O4/c1-15-7-2-3-8(15)5-9(4-7)16-11-6-10(13)12(14)17-11;5-3(6)1-2-4(7)8/h6-9H,2-5H2,1H3;1-2H,(H,5,6)(H,7,8)/b;2-1+. The zero-order valence-corrected chi connectivity index (χ0v) is 16.7. The number of piperidine rings is 1. The van der Waals surface area contributed by atoms with Crippen LogP contribution in [0.4, 0.5) is 0 Å². The topological polar surface area (TPSA) is 87.1 Å². The maximum absolute atomic E-state index is 9.55. The fraction of sp³-hybridized carbons (Fsp3) is 0.500. The fourth-order valence-corrected chi connectivity index (χ4v) is 4.73. The summed E-state index contributed by atoms with van der Waals surface area (Å²) in [5, 5.41) is 16.6. The van der Waals surface area contributed by atoms with E-state index in [-0.39, 0.29) is 0 Å². The Hall–Kier alpha value is -1.09. The third kappa shape index (κ3) is 5.99. The molecule has 6 nitrogen and oxygen atoms in total. The first-order valence-corrected chi connectivity index (χ1v) is 9.72. The maximum atomic E-state index is 9.55. The Labute approximate surface area is 163 Å². The van der Waals surface area contributed by atoms with Gasteiger partial charge in [-0.1, -0.05) is 22.9 Å². The number of halogens is 2. The van der Waals surface area contributed by atoms with Gasteiger partial charge >= 0.3 is 11.9 Å². The molecule has 0 radical (unpaired) electrons. The van der Waals surface area contributed by atoms with Crippen molar-refractivity contribution < 1.29 is 24.5 Å². The minimum absolute atomic E-state index is 0.366. The van der Waals surface area contributed by atoms with Gasteiger partial charge in [-0.25, -0.2) is 9.59 Å². The van der Waals surface area contributed by atoms with E-state index in [1.54, 1.807) is 0 Å². The predicted molar refractivity (Wildman–Crippen MR) is 99.7 cm³/mol. The van der Waals surface area contributed by atoms with Crippen LogP contribution in [0.1, 0.15) is 25.7 Å². The van der Waals surface area contributed by atoms with Crippen LogP contribution in [0, 0.1) is 0 Å². The van der Waals surface area contributed by atoms with Gasteiger partial charge in [-0.05, 0) is 48.7 Å². The van der Waals surface area contributed by atoms with Crippen molar-refractivity contribution in [3.63, 3.8) is 0 Å². The molecule has 0 amide bonds. The molecule has 2 N–H and O–H groups in total. The zero-order valence-electron chi connectivity index (χ0n) is 13.5. The number of fused-ring (bicyclic) bond motifs is 2. The second-order valence-corrected chi connectivity index (χ2v) is 8.43. The molecule has 25 heavy (non-hydrogen) atoms. The molecule has 2 aliphatic rings. The molecule has 0 saturated carbocycles. The van der Waals surface area contributed by atoms with Crippen molar-refractivity contribution in [1.82, 2.24) is 4.90 Å². The molecule has 2 aliphatic heterocycles. The number of hydrogen-bond donors (Lipinski definition) is 2. The van der Waals surface area contributed by atoms with Crippen LogP contribution in [0.2, 0.25) is 4.34 Å². The summed E-state index contributed by atoms with van der Waals surface area (Å²) in [5.41, 5.74) is 0. The number of hydrogen-bond acceptors (Lipinski definition) is 5. The number of rotatable bonds is 4. The lowest BCUT2D eigenvalue weighted by atomic mass is 10.0. The van der Waals surface area contributed by atoms with E-state index in [1.807, 2.05) is 6.07 Å². The lowest BCUT2D eigenvalue weighted by molar-refractivity contribution is -0.134. The Bertz CT molecular complexity index is 615. The molecule has 0 aliphatic carbocycles. The Balaban J connectivity index is 0.000000242. The van der Waals surface area contributed by atoms with Gasteiger partial charge in [0.05, 0.1) is 4.47 Å². The van der Waals surface area contributed by atoms with Gasteiger partial charge in [0.25, 0.3) is 0 Å². The summed E-state index contributed by atoms with van der Waals surface area (Å²) in [5.74, 6) is -2.51. The summed E-state index contributed by atoms with van der Waals surface area (Å²) in [6, 6.07) is 3.42. The van der Waals surface area contributed by atoms with Crippen molar-refractivity contribution in [1.29, 1.82) is 0 Å². The molecule has 2 atom stereocenters. The molecule has 3 rings (SSSR count). The van der Waals surface area contributed by atoms with Crippen LogP contribution >= 0.6 is 38.9 Å². The first-order valence-electron chi connectivity index (χ1n) is 7.73. The van der Waals surface area contributed by atoms with Crippen LogP contribution in [0.5, 0.6) is 5.06 Å². The van der Waals surface area contributed by atoms with E-state index in [0.717, 1.165) is 38.8 Å². The molecular formula is C16H19BrClNO5S. The van der Waals surface area contributed by atoms with Crippen molar-refractivity contribution in [2.24, 2.45) is 0 Å². The molecule has 138 valence electrons. The van der Waals surface area contributed by atoms with Crippen LogP contribution in [-0.2, 0) is 9.59 Å². The maximum Gasteiger partial charge on any atom is 0.328 e. The SMILES string of the molecule is CN1C2CCC1CC(Oc1cc(Br)c(Cl)s1)C2.O=C(O)/C=C/C(=O)O. The molecule has 0 aromatic carbocycles. The quantitative estimate of drug-likeness (QED) is 0.674. The summed E-state index contributed by atoms with van der Waals surface area (Å²) < 4.78 is 7.78. The van der Waals surface area contributed by atoms with E-state index in [1.165, 1.54) is 24.2 Å². The smallest absolute Gasteiger partial charge is 0.328 e. The molecule has 9 heteroatoms. The van der Waals surface area contributed by atoms with E-state index in [0.29, 0.717) is 18.3 Å². The molecule has 2 fully saturated rings. The highest BCUT2D eigenvalue weighted by Gasteiger charge is 2.39. The minimum atomic E-state index is -1.26. The van der Waals surface area contributed by atoms with Crippen molar-refractivity contribution in [2.45, 2.75) is 43.9 Å². The van der Waals surface area contributed by atoms with E-state index in [4.69, 9.17) is 26.6 Å². The number of carbonyl (C=O) groups is 2. The largest absolute Gasteiger partial charge is 0.481 e. The molecule has 0 spiro atoms. The highest BCUT2D eigenvalue weighted by molar-refractivity contribution is 9.10. The molecule has 3 heterocycles. The van der Waals surface area contributed by atoms with Gasteiger partial charge in [-0.15, -0.1) is 0 Å². The minimum Gasteiger partial charge on any atom is -0.481 e. The van der Waals surface area contributed by atoms with E-state index in [9.17, 15) is 9.59 Å². The van der Waals surface area contributed by atoms with E-state index >= 15 is 0 Å². The zero-order chi connectivity index (χ0) is 18.6. The lowest BCUT2D eigenvalue weighted by Crippen LogP contribution is -2.43. The summed E-state index contributed by atoms with van der Waals surface area (Å²) in [6.45, 7) is 0. The van der Waals surface area contributed by atoms with Gasteiger partial charge in [-0.2, -0.15) is 0 Å². The predicted octanol–water partition coefficient (Wildman–Crippen LogP) is 3.88. The van der Waals surface area contributed by atoms with Crippen molar-refractivity contribution in [2.75, 3.05) is 7.05 Å². The van der Waals surface area contributed by atoms with Crippen LogP contribution < -0.4 is 4.74 Å². The van der Waals surface area contributed by atoms with Gasteiger partial charge in [0.2, 0.25) is 0 Å².